The first kappa shape index (κ1) is 22.1. The van der Waals surface area contributed by atoms with E-state index in [0.29, 0.717) is 5.52 Å². The number of aromatic nitrogens is 2. The largest absolute Gasteiger partial charge is 0.495 e. The lowest BCUT2D eigenvalue weighted by Crippen LogP contribution is -2.14. The zero-order chi connectivity index (χ0) is 23.8. The molecule has 0 aliphatic heterocycles. The monoisotopic (exact) mass is 452 g/mol. The summed E-state index contributed by atoms with van der Waals surface area (Å²) in [5.41, 5.74) is 8.18. The molecule has 0 saturated carbocycles. The third-order valence-corrected chi connectivity index (χ3v) is 5.18. The van der Waals surface area contributed by atoms with Crippen LogP contribution in [0.1, 0.15) is 21.5 Å². The van der Waals surface area contributed by atoms with Gasteiger partial charge in [-0.15, -0.1) is 0 Å². The number of nitrogens with two attached hydrogens (primary N) is 1. The second-order valence-electron chi connectivity index (χ2n) is 7.40. The molecule has 0 bridgehead atoms. The summed E-state index contributed by atoms with van der Waals surface area (Å²) in [5.74, 6) is -0.265. The number of nitrogens with zero attached hydrogens (tertiary/aromatic N) is 2. The van der Waals surface area contributed by atoms with Crippen LogP contribution in [0.15, 0.2) is 60.8 Å². The van der Waals surface area contributed by atoms with E-state index in [-0.39, 0.29) is 22.9 Å². The standard InChI is InChI=1S/C24H19F3N4O2/c1-13-3-4-15(10-18(13)14-5-7-19-16(9-14)12-29-23(28)31-19)22(32)30-20-11-17(24(25,26)27)6-8-21(20)33-2/h3-12H,1-2H3,(H,30,32)(H2,28,29,31). The molecule has 0 fully saturated rings. The molecule has 9 heteroatoms. The number of nitrogen functional groups attached to an aromatic ring is 1. The number of methoxy groups -OCH3 is 1. The van der Waals surface area contributed by atoms with Gasteiger partial charge < -0.3 is 15.8 Å². The highest BCUT2D eigenvalue weighted by Gasteiger charge is 2.31. The molecule has 0 saturated heterocycles. The second kappa shape index (κ2) is 8.42. The Morgan fingerprint density at radius 2 is 1.85 bits per heavy atom. The van der Waals surface area contributed by atoms with Crippen molar-refractivity contribution < 1.29 is 22.7 Å². The Balaban J connectivity index is 1.68. The second-order valence-corrected chi connectivity index (χ2v) is 7.40. The normalized spacial score (nSPS) is 11.4. The third-order valence-electron chi connectivity index (χ3n) is 5.18. The van der Waals surface area contributed by atoms with Crippen LogP contribution in [0.2, 0.25) is 0 Å². The van der Waals surface area contributed by atoms with E-state index in [4.69, 9.17) is 10.5 Å². The maximum absolute atomic E-state index is 13.1. The molecule has 3 N–H and O–H groups in total. The lowest BCUT2D eigenvalue weighted by atomic mass is 9.97. The fourth-order valence-electron chi connectivity index (χ4n) is 3.47. The average molecular weight is 452 g/mol. The van der Waals surface area contributed by atoms with Crippen LogP contribution < -0.4 is 15.8 Å². The molecule has 3 aromatic carbocycles. The molecular weight excluding hydrogens is 433 g/mol. The SMILES string of the molecule is COc1ccc(C(F)(F)F)cc1NC(=O)c1ccc(C)c(-c2ccc3nc(N)ncc3c2)c1. The zero-order valence-electron chi connectivity index (χ0n) is 17.7. The van der Waals surface area contributed by atoms with Crippen LogP contribution in [0.25, 0.3) is 22.0 Å². The molecule has 4 aromatic rings. The van der Waals surface area contributed by atoms with E-state index in [1.807, 2.05) is 25.1 Å². The van der Waals surface area contributed by atoms with Crippen molar-refractivity contribution in [2.45, 2.75) is 13.1 Å². The van der Waals surface area contributed by atoms with Gasteiger partial charge in [0.05, 0.1) is 23.9 Å². The van der Waals surface area contributed by atoms with E-state index in [9.17, 15) is 18.0 Å². The Hall–Kier alpha value is -4.14. The van der Waals surface area contributed by atoms with E-state index in [2.05, 4.69) is 15.3 Å². The van der Waals surface area contributed by atoms with Crippen molar-refractivity contribution in [1.82, 2.24) is 9.97 Å². The highest BCUT2D eigenvalue weighted by molar-refractivity contribution is 6.06. The van der Waals surface area contributed by atoms with Gasteiger partial charge in [-0.25, -0.2) is 9.97 Å². The van der Waals surface area contributed by atoms with Crippen LogP contribution in [-0.4, -0.2) is 23.0 Å². The lowest BCUT2D eigenvalue weighted by Gasteiger charge is -2.14. The highest BCUT2D eigenvalue weighted by Crippen LogP contribution is 2.35. The van der Waals surface area contributed by atoms with Gasteiger partial charge in [0.1, 0.15) is 5.75 Å². The van der Waals surface area contributed by atoms with Crippen LogP contribution in [0.5, 0.6) is 5.75 Å². The van der Waals surface area contributed by atoms with E-state index < -0.39 is 17.6 Å². The minimum absolute atomic E-state index is 0.0695. The Morgan fingerprint density at radius 1 is 1.06 bits per heavy atom. The molecule has 0 unspecified atom stereocenters. The summed E-state index contributed by atoms with van der Waals surface area (Å²) < 4.78 is 44.4. The summed E-state index contributed by atoms with van der Waals surface area (Å²) in [6.07, 6.45) is -2.93. The lowest BCUT2D eigenvalue weighted by molar-refractivity contribution is -0.137. The number of nitrogens with one attached hydrogen (secondary N) is 1. The molecular formula is C24H19F3N4O2. The Morgan fingerprint density at radius 3 is 2.58 bits per heavy atom. The fourth-order valence-corrected chi connectivity index (χ4v) is 3.47. The summed E-state index contributed by atoms with van der Waals surface area (Å²) in [6, 6.07) is 13.5. The molecule has 0 aliphatic carbocycles. The van der Waals surface area contributed by atoms with E-state index in [0.717, 1.165) is 34.2 Å². The van der Waals surface area contributed by atoms with Gasteiger partial charge >= 0.3 is 6.18 Å². The number of halogens is 3. The number of aryl methyl sites for hydroxylation is 1. The molecule has 0 spiro atoms. The number of carbonyl (C=O) groups excluding carboxylic acids is 1. The van der Waals surface area contributed by atoms with Gasteiger partial charge in [0, 0.05) is 17.1 Å². The Bertz CT molecular complexity index is 1370. The van der Waals surface area contributed by atoms with Crippen molar-refractivity contribution in [3.8, 4) is 16.9 Å². The third kappa shape index (κ3) is 4.57. The molecule has 168 valence electrons. The number of amides is 1. The maximum atomic E-state index is 13.1. The van der Waals surface area contributed by atoms with Crippen molar-refractivity contribution in [2.75, 3.05) is 18.2 Å². The number of alkyl halides is 3. The first-order valence-electron chi connectivity index (χ1n) is 9.85. The molecule has 33 heavy (non-hydrogen) atoms. The van der Waals surface area contributed by atoms with Crippen LogP contribution >= 0.6 is 0 Å². The predicted octanol–water partition coefficient (Wildman–Crippen LogP) is 5.47. The summed E-state index contributed by atoms with van der Waals surface area (Å²) in [7, 11) is 1.32. The quantitative estimate of drug-likeness (QED) is 0.429. The van der Waals surface area contributed by atoms with E-state index >= 15 is 0 Å². The van der Waals surface area contributed by atoms with Gasteiger partial charge in [-0.05, 0) is 66.1 Å². The Labute approximate surface area is 187 Å². The zero-order valence-corrected chi connectivity index (χ0v) is 17.7. The summed E-state index contributed by atoms with van der Waals surface area (Å²) >= 11 is 0. The number of hydrogen-bond acceptors (Lipinski definition) is 5. The number of hydrogen-bond donors (Lipinski definition) is 2. The molecule has 1 heterocycles. The highest BCUT2D eigenvalue weighted by atomic mass is 19.4. The van der Waals surface area contributed by atoms with Gasteiger partial charge in [-0.3, -0.25) is 4.79 Å². The van der Waals surface area contributed by atoms with Gasteiger partial charge in [0.2, 0.25) is 5.95 Å². The number of fused-ring (bicyclic) bond motifs is 1. The minimum Gasteiger partial charge on any atom is -0.495 e. The van der Waals surface area contributed by atoms with Gasteiger partial charge in [-0.2, -0.15) is 13.2 Å². The van der Waals surface area contributed by atoms with E-state index in [1.54, 1.807) is 24.4 Å². The molecule has 0 atom stereocenters. The number of anilines is 2. The number of ether oxygens (including phenoxy) is 1. The van der Waals surface area contributed by atoms with Crippen LogP contribution in [0.4, 0.5) is 24.8 Å². The molecule has 1 amide bonds. The van der Waals surface area contributed by atoms with Crippen molar-refractivity contribution in [1.29, 1.82) is 0 Å². The smallest absolute Gasteiger partial charge is 0.416 e. The van der Waals surface area contributed by atoms with Gasteiger partial charge in [-0.1, -0.05) is 12.1 Å². The maximum Gasteiger partial charge on any atom is 0.416 e. The van der Waals surface area contributed by atoms with Crippen molar-refractivity contribution in [3.05, 3.63) is 77.5 Å². The van der Waals surface area contributed by atoms with Crippen molar-refractivity contribution in [2.24, 2.45) is 0 Å². The molecule has 1 aromatic heterocycles. The van der Waals surface area contributed by atoms with Crippen LogP contribution in [0.3, 0.4) is 0 Å². The fraction of sp³-hybridized carbons (Fsp3) is 0.125. The first-order chi connectivity index (χ1) is 15.7. The number of carbonyl (C=O) groups is 1. The molecule has 0 radical (unpaired) electrons. The number of rotatable bonds is 4. The molecule has 0 aliphatic rings. The van der Waals surface area contributed by atoms with Crippen LogP contribution in [-0.2, 0) is 6.18 Å². The van der Waals surface area contributed by atoms with E-state index in [1.165, 1.54) is 13.2 Å². The summed E-state index contributed by atoms with van der Waals surface area (Å²) in [5, 5.41) is 3.31. The summed E-state index contributed by atoms with van der Waals surface area (Å²) in [6.45, 7) is 1.90. The van der Waals surface area contributed by atoms with Crippen molar-refractivity contribution >= 4 is 28.4 Å². The van der Waals surface area contributed by atoms with Crippen molar-refractivity contribution in [3.63, 3.8) is 0 Å². The minimum atomic E-state index is -4.55. The van der Waals surface area contributed by atoms with Gasteiger partial charge in [0.25, 0.3) is 5.91 Å². The summed E-state index contributed by atoms with van der Waals surface area (Å²) in [4.78, 5) is 21.1. The average Bonchev–Trinajstić information content (AvgIpc) is 2.78. The Kier molecular flexibility index (Phi) is 5.63. The van der Waals surface area contributed by atoms with Gasteiger partial charge in [0.15, 0.2) is 0 Å². The first-order valence-corrected chi connectivity index (χ1v) is 9.85. The molecule has 6 nitrogen and oxygen atoms in total. The topological polar surface area (TPSA) is 90.1 Å². The molecule has 4 rings (SSSR count). The predicted molar refractivity (Wildman–Crippen MR) is 120 cm³/mol. The van der Waals surface area contributed by atoms with Crippen LogP contribution in [0, 0.1) is 6.92 Å². The number of benzene rings is 3.